The molecule has 0 N–H and O–H groups in total. The Bertz CT molecular complexity index is 361. The molecule has 114 valence electrons. The molecule has 2 aliphatic carbocycles. The zero-order valence-corrected chi connectivity index (χ0v) is 12.8. The van der Waals surface area contributed by atoms with Crippen molar-refractivity contribution in [2.45, 2.75) is 40.0 Å². The highest BCUT2D eigenvalue weighted by Gasteiger charge is 2.40. The molecular weight excluding hydrogens is 256 g/mol. The molecule has 20 heavy (non-hydrogen) atoms. The van der Waals surface area contributed by atoms with Crippen LogP contribution in [0, 0.1) is 23.2 Å². The van der Waals surface area contributed by atoms with Crippen LogP contribution >= 0.6 is 0 Å². The molecule has 4 nitrogen and oxygen atoms in total. The molecule has 2 rings (SSSR count). The summed E-state index contributed by atoms with van der Waals surface area (Å²) in [6.45, 7) is 7.48. The highest BCUT2D eigenvalue weighted by molar-refractivity contribution is 5.74. The van der Waals surface area contributed by atoms with Crippen LogP contribution in [-0.2, 0) is 19.3 Å². The fourth-order valence-electron chi connectivity index (χ4n) is 2.70. The van der Waals surface area contributed by atoms with Gasteiger partial charge in [-0.3, -0.25) is 4.79 Å². The van der Waals surface area contributed by atoms with Crippen LogP contribution in [0.4, 0.5) is 0 Å². The molecule has 0 saturated heterocycles. The van der Waals surface area contributed by atoms with Crippen molar-refractivity contribution in [3.05, 3.63) is 12.2 Å². The van der Waals surface area contributed by atoms with Crippen molar-refractivity contribution in [3.63, 3.8) is 0 Å². The van der Waals surface area contributed by atoms with E-state index in [9.17, 15) is 4.79 Å². The number of fused-ring (bicyclic) bond motifs is 2. The molecule has 0 spiro atoms. The normalized spacial score (nSPS) is 28.1. The SMILES string of the molecule is CCC(C)(C)COOCCOC(=O)C1CC2C=CC1C2. The molecule has 1 saturated carbocycles. The highest BCUT2D eigenvalue weighted by atomic mass is 17.2. The molecule has 0 aromatic rings. The van der Waals surface area contributed by atoms with Gasteiger partial charge in [0, 0.05) is 0 Å². The summed E-state index contributed by atoms with van der Waals surface area (Å²) in [5.41, 5.74) is 0.117. The summed E-state index contributed by atoms with van der Waals surface area (Å²) in [7, 11) is 0. The Morgan fingerprint density at radius 3 is 2.60 bits per heavy atom. The minimum atomic E-state index is -0.0839. The molecule has 0 amide bonds. The largest absolute Gasteiger partial charge is 0.463 e. The van der Waals surface area contributed by atoms with Gasteiger partial charge in [0.15, 0.2) is 0 Å². The maximum absolute atomic E-state index is 11.9. The second-order valence-electron chi connectivity index (χ2n) is 6.66. The summed E-state index contributed by atoms with van der Waals surface area (Å²) < 4.78 is 5.26. The maximum Gasteiger partial charge on any atom is 0.309 e. The predicted octanol–water partition coefficient (Wildman–Crippen LogP) is 3.13. The second-order valence-corrected chi connectivity index (χ2v) is 6.66. The quantitative estimate of drug-likeness (QED) is 0.225. The molecule has 2 aliphatic rings. The average Bonchev–Trinajstić information content (AvgIpc) is 3.05. The number of ether oxygens (including phenoxy) is 1. The van der Waals surface area contributed by atoms with Gasteiger partial charge in [-0.2, -0.15) is 0 Å². The number of esters is 1. The van der Waals surface area contributed by atoms with E-state index < -0.39 is 0 Å². The van der Waals surface area contributed by atoms with Crippen LogP contribution in [0.5, 0.6) is 0 Å². The molecule has 4 heteroatoms. The molecule has 0 heterocycles. The molecule has 0 aromatic heterocycles. The number of carbonyl (C=O) groups is 1. The standard InChI is InChI=1S/C16H26O4/c1-4-16(2,3)11-20-19-8-7-18-15(17)14-10-12-5-6-13(14)9-12/h5-6,12-14H,4,7-11H2,1-3H3. The van der Waals surface area contributed by atoms with Gasteiger partial charge in [-0.15, -0.1) is 0 Å². The fraction of sp³-hybridized carbons (Fsp3) is 0.812. The Labute approximate surface area is 121 Å². The van der Waals surface area contributed by atoms with E-state index in [4.69, 9.17) is 14.5 Å². The van der Waals surface area contributed by atoms with Gasteiger partial charge in [-0.1, -0.05) is 32.9 Å². The lowest BCUT2D eigenvalue weighted by atomic mass is 9.92. The molecule has 0 aromatic carbocycles. The highest BCUT2D eigenvalue weighted by Crippen LogP contribution is 2.43. The van der Waals surface area contributed by atoms with Crippen molar-refractivity contribution in [2.75, 3.05) is 19.8 Å². The number of allylic oxidation sites excluding steroid dienone is 2. The van der Waals surface area contributed by atoms with E-state index >= 15 is 0 Å². The van der Waals surface area contributed by atoms with E-state index in [-0.39, 0.29) is 23.9 Å². The van der Waals surface area contributed by atoms with Gasteiger partial charge < -0.3 is 4.74 Å². The molecule has 1 fully saturated rings. The third-order valence-electron chi connectivity index (χ3n) is 4.48. The monoisotopic (exact) mass is 282 g/mol. The fourth-order valence-corrected chi connectivity index (χ4v) is 2.70. The van der Waals surface area contributed by atoms with E-state index in [1.54, 1.807) is 0 Å². The molecule has 2 bridgehead atoms. The topological polar surface area (TPSA) is 44.8 Å². The molecule has 3 unspecified atom stereocenters. The van der Waals surface area contributed by atoms with E-state index in [1.165, 1.54) is 0 Å². The lowest BCUT2D eigenvalue weighted by Gasteiger charge is -2.21. The first kappa shape index (κ1) is 15.5. The second kappa shape index (κ2) is 6.72. The summed E-state index contributed by atoms with van der Waals surface area (Å²) in [5, 5.41) is 0. The summed E-state index contributed by atoms with van der Waals surface area (Å²) in [6.07, 6.45) is 7.48. The summed E-state index contributed by atoms with van der Waals surface area (Å²) in [5.74, 6) is 0.965. The van der Waals surface area contributed by atoms with E-state index in [1.807, 2.05) is 0 Å². The Morgan fingerprint density at radius 1 is 1.20 bits per heavy atom. The van der Waals surface area contributed by atoms with Crippen molar-refractivity contribution in [1.82, 2.24) is 0 Å². The number of carbonyl (C=O) groups excluding carboxylic acids is 1. The van der Waals surface area contributed by atoms with Crippen LogP contribution in [0.15, 0.2) is 12.2 Å². The van der Waals surface area contributed by atoms with Crippen LogP contribution in [0.1, 0.15) is 40.0 Å². The van der Waals surface area contributed by atoms with E-state index in [0.29, 0.717) is 25.0 Å². The van der Waals surface area contributed by atoms with Gasteiger partial charge >= 0.3 is 5.97 Å². The Hall–Kier alpha value is -0.870. The van der Waals surface area contributed by atoms with Crippen LogP contribution in [-0.4, -0.2) is 25.8 Å². The number of hydrogen-bond acceptors (Lipinski definition) is 4. The Kier molecular flexibility index (Phi) is 5.22. The van der Waals surface area contributed by atoms with E-state index in [2.05, 4.69) is 32.9 Å². The summed E-state index contributed by atoms with van der Waals surface area (Å²) in [4.78, 5) is 22.1. The zero-order chi connectivity index (χ0) is 14.6. The van der Waals surface area contributed by atoms with Gasteiger partial charge in [0.1, 0.15) is 13.2 Å². The van der Waals surface area contributed by atoms with Gasteiger partial charge in [0.25, 0.3) is 0 Å². The van der Waals surface area contributed by atoms with Gasteiger partial charge in [-0.25, -0.2) is 9.78 Å². The maximum atomic E-state index is 11.9. The molecule has 3 atom stereocenters. The third kappa shape index (κ3) is 4.06. The van der Waals surface area contributed by atoms with Crippen molar-refractivity contribution < 1.29 is 19.3 Å². The molecule has 0 aliphatic heterocycles. The first-order chi connectivity index (χ1) is 9.52. The lowest BCUT2D eigenvalue weighted by Crippen LogP contribution is -2.23. The van der Waals surface area contributed by atoms with Crippen LogP contribution in [0.25, 0.3) is 0 Å². The van der Waals surface area contributed by atoms with Crippen LogP contribution in [0.2, 0.25) is 0 Å². The van der Waals surface area contributed by atoms with Crippen molar-refractivity contribution in [1.29, 1.82) is 0 Å². The van der Waals surface area contributed by atoms with Gasteiger partial charge in [0.05, 0.1) is 12.5 Å². The molecular formula is C16H26O4. The summed E-state index contributed by atoms with van der Waals surface area (Å²) >= 11 is 0. The molecule has 0 radical (unpaired) electrons. The van der Waals surface area contributed by atoms with Crippen LogP contribution in [0.3, 0.4) is 0 Å². The van der Waals surface area contributed by atoms with Gasteiger partial charge in [-0.05, 0) is 36.5 Å². The smallest absolute Gasteiger partial charge is 0.309 e. The number of rotatable bonds is 8. The lowest BCUT2D eigenvalue weighted by molar-refractivity contribution is -0.311. The number of hydrogen-bond donors (Lipinski definition) is 0. The minimum Gasteiger partial charge on any atom is -0.463 e. The minimum absolute atomic E-state index is 0.0601. The van der Waals surface area contributed by atoms with E-state index in [0.717, 1.165) is 19.3 Å². The average molecular weight is 282 g/mol. The first-order valence-electron chi connectivity index (χ1n) is 7.61. The predicted molar refractivity (Wildman–Crippen MR) is 75.8 cm³/mol. The van der Waals surface area contributed by atoms with Crippen LogP contribution < -0.4 is 0 Å². The van der Waals surface area contributed by atoms with Crippen molar-refractivity contribution >= 4 is 5.97 Å². The third-order valence-corrected chi connectivity index (χ3v) is 4.48. The van der Waals surface area contributed by atoms with Crippen molar-refractivity contribution in [3.8, 4) is 0 Å². The Morgan fingerprint density at radius 2 is 2.00 bits per heavy atom. The zero-order valence-electron chi connectivity index (χ0n) is 12.8. The summed E-state index contributed by atoms with van der Waals surface area (Å²) in [6, 6.07) is 0. The Balaban J connectivity index is 1.53. The first-order valence-corrected chi connectivity index (χ1v) is 7.61. The van der Waals surface area contributed by atoms with Crippen molar-refractivity contribution in [2.24, 2.45) is 23.2 Å². The van der Waals surface area contributed by atoms with Gasteiger partial charge in [0.2, 0.25) is 0 Å².